The Kier molecular flexibility index (Phi) is 6.38. The van der Waals surface area contributed by atoms with Crippen molar-refractivity contribution in [1.82, 2.24) is 35.3 Å². The molecule has 3 heterocycles. The van der Waals surface area contributed by atoms with Crippen LogP contribution in [-0.4, -0.2) is 63.7 Å². The molecule has 0 saturated carbocycles. The summed E-state index contributed by atoms with van der Waals surface area (Å²) < 4.78 is 19.2. The van der Waals surface area contributed by atoms with Crippen LogP contribution in [0.5, 0.6) is 6.01 Å². The fourth-order valence-corrected chi connectivity index (χ4v) is 4.11. The maximum absolute atomic E-state index is 14.3. The molecule has 4 rings (SSSR count). The van der Waals surface area contributed by atoms with Gasteiger partial charge in [0.05, 0.1) is 37.1 Å². The highest BCUT2D eigenvalue weighted by Gasteiger charge is 2.44. The van der Waals surface area contributed by atoms with Gasteiger partial charge in [0.15, 0.2) is 17.5 Å². The summed E-state index contributed by atoms with van der Waals surface area (Å²) in [6, 6.07) is 9.52. The van der Waals surface area contributed by atoms with Gasteiger partial charge in [-0.1, -0.05) is 30.3 Å². The van der Waals surface area contributed by atoms with Gasteiger partial charge in [-0.25, -0.2) is 14.2 Å². The quantitative estimate of drug-likeness (QED) is 0.488. The number of aromatic nitrogens is 4. The van der Waals surface area contributed by atoms with E-state index in [1.165, 1.54) is 7.11 Å². The lowest BCUT2D eigenvalue weighted by atomic mass is 10.0. The molecule has 0 unspecified atom stereocenters. The van der Waals surface area contributed by atoms with Crippen LogP contribution in [0.1, 0.15) is 36.7 Å². The van der Waals surface area contributed by atoms with Gasteiger partial charge in [-0.2, -0.15) is 10.1 Å². The first-order valence-electron chi connectivity index (χ1n) is 10.9. The van der Waals surface area contributed by atoms with Gasteiger partial charge in [0, 0.05) is 12.1 Å². The molecule has 1 aromatic carbocycles. The van der Waals surface area contributed by atoms with Crippen molar-refractivity contribution in [1.29, 1.82) is 0 Å². The summed E-state index contributed by atoms with van der Waals surface area (Å²) in [5.41, 5.74) is 1.90. The Morgan fingerprint density at radius 3 is 2.71 bits per heavy atom. The fraction of sp³-hybridized carbons (Fsp3) is 0.391. The Bertz CT molecular complexity index is 1170. The van der Waals surface area contributed by atoms with Crippen molar-refractivity contribution >= 4 is 17.7 Å². The van der Waals surface area contributed by atoms with Gasteiger partial charge in [0.2, 0.25) is 0 Å². The monoisotopic (exact) mass is 468 g/mol. The number of methoxy groups -OCH3 is 1. The number of nitrogens with one attached hydrogen (secondary N) is 3. The molecule has 2 aromatic heterocycles. The minimum Gasteiger partial charge on any atom is -0.467 e. The van der Waals surface area contributed by atoms with E-state index >= 15 is 0 Å². The minimum absolute atomic E-state index is 0.0326. The second-order valence-electron chi connectivity index (χ2n) is 8.92. The molecular formula is C23H29FN8O2. The molecule has 10 nitrogen and oxygen atoms in total. The molecule has 0 fully saturated rings. The van der Waals surface area contributed by atoms with Crippen LogP contribution < -0.4 is 15.4 Å². The molecule has 0 bridgehead atoms. The fourth-order valence-electron chi connectivity index (χ4n) is 4.11. The van der Waals surface area contributed by atoms with Crippen molar-refractivity contribution in [3.63, 3.8) is 0 Å². The molecule has 0 radical (unpaired) electrons. The number of hydrogen-bond donors (Lipinski definition) is 3. The van der Waals surface area contributed by atoms with Gasteiger partial charge in [0.25, 0.3) is 0 Å². The van der Waals surface area contributed by atoms with Gasteiger partial charge >= 0.3 is 12.0 Å². The van der Waals surface area contributed by atoms with E-state index in [1.54, 1.807) is 4.90 Å². The Hall–Kier alpha value is -3.73. The highest BCUT2D eigenvalue weighted by molar-refractivity contribution is 5.78. The molecule has 1 aliphatic rings. The molecule has 0 aliphatic carbocycles. The van der Waals surface area contributed by atoms with Gasteiger partial charge in [0.1, 0.15) is 0 Å². The number of likely N-dealkylation sites (N-methyl/N-ethyl adjacent to an activating group) is 1. The number of urea groups is 1. The molecule has 34 heavy (non-hydrogen) atoms. The number of benzene rings is 1. The van der Waals surface area contributed by atoms with Crippen molar-refractivity contribution in [2.45, 2.75) is 32.0 Å². The maximum Gasteiger partial charge on any atom is 0.319 e. The third-order valence-corrected chi connectivity index (χ3v) is 5.90. The van der Waals surface area contributed by atoms with Crippen molar-refractivity contribution in [2.75, 3.05) is 33.1 Å². The molecule has 0 spiro atoms. The average molecular weight is 469 g/mol. The van der Waals surface area contributed by atoms with Gasteiger partial charge in [-0.3, -0.25) is 5.10 Å². The zero-order valence-electron chi connectivity index (χ0n) is 19.9. The molecule has 2 amide bonds. The summed E-state index contributed by atoms with van der Waals surface area (Å²) in [6.45, 7) is 4.83. The lowest BCUT2D eigenvalue weighted by molar-refractivity contribution is 0.138. The molecule has 11 heteroatoms. The molecule has 3 N–H and O–H groups in total. The van der Waals surface area contributed by atoms with Crippen LogP contribution in [0, 0.1) is 5.82 Å². The van der Waals surface area contributed by atoms with Gasteiger partial charge < -0.3 is 25.2 Å². The van der Waals surface area contributed by atoms with Crippen LogP contribution in [0.2, 0.25) is 0 Å². The normalized spacial score (nSPS) is 15.2. The van der Waals surface area contributed by atoms with E-state index in [9.17, 15) is 9.18 Å². The summed E-state index contributed by atoms with van der Waals surface area (Å²) >= 11 is 0. The first-order chi connectivity index (χ1) is 16.2. The van der Waals surface area contributed by atoms with Gasteiger partial charge in [-0.15, -0.1) is 0 Å². The van der Waals surface area contributed by atoms with Crippen LogP contribution in [0.4, 0.5) is 20.8 Å². The molecule has 180 valence electrons. The lowest BCUT2D eigenvalue weighted by Gasteiger charge is -2.34. The molecule has 1 atom stereocenters. The van der Waals surface area contributed by atoms with Crippen molar-refractivity contribution < 1.29 is 13.9 Å². The first kappa shape index (κ1) is 23.4. The summed E-state index contributed by atoms with van der Waals surface area (Å²) in [5.74, 6) is -0.304. The lowest BCUT2D eigenvalue weighted by Crippen LogP contribution is -2.48. The van der Waals surface area contributed by atoms with E-state index in [-0.39, 0.29) is 23.9 Å². The van der Waals surface area contributed by atoms with Crippen molar-refractivity contribution in [3.8, 4) is 6.01 Å². The Morgan fingerprint density at radius 1 is 1.29 bits per heavy atom. The van der Waals surface area contributed by atoms with E-state index < -0.39 is 11.4 Å². The summed E-state index contributed by atoms with van der Waals surface area (Å²) in [6.07, 6.45) is 1.03. The standard InChI is InChI=1S/C23H29FN8O2/c1-23(2)18-15(19(30-29-18)27-20-16(24)11-25-21(28-20)34-5)12-32(23)22(33)26-17(13-31(3)4)14-9-7-6-8-10-14/h6-11,17H,12-13H2,1-5H3,(H,26,33)(H2,25,27,28,29,30)/t17-/m1/s1. The number of carbonyl (C=O) groups is 1. The first-order valence-corrected chi connectivity index (χ1v) is 10.9. The van der Waals surface area contributed by atoms with E-state index in [2.05, 4.69) is 30.8 Å². The highest BCUT2D eigenvalue weighted by atomic mass is 19.1. The van der Waals surface area contributed by atoms with Crippen molar-refractivity contribution in [2.24, 2.45) is 0 Å². The SMILES string of the molecule is COc1ncc(F)c(Nc2n[nH]c3c2CN(C(=O)N[C@H](CN(C)C)c2ccccc2)C3(C)C)n1. The highest BCUT2D eigenvalue weighted by Crippen LogP contribution is 2.41. The predicted octanol–water partition coefficient (Wildman–Crippen LogP) is 3.15. The molecular weight excluding hydrogens is 439 g/mol. The van der Waals surface area contributed by atoms with Crippen LogP contribution in [0.3, 0.4) is 0 Å². The number of halogens is 1. The Labute approximate surface area is 197 Å². The largest absolute Gasteiger partial charge is 0.467 e. The van der Waals surface area contributed by atoms with Crippen LogP contribution >= 0.6 is 0 Å². The number of aromatic amines is 1. The number of rotatable bonds is 7. The number of amides is 2. The summed E-state index contributed by atoms with van der Waals surface area (Å²) in [7, 11) is 5.34. The smallest absolute Gasteiger partial charge is 0.319 e. The van der Waals surface area contributed by atoms with Crippen LogP contribution in [-0.2, 0) is 12.1 Å². The van der Waals surface area contributed by atoms with E-state index in [4.69, 9.17) is 4.74 Å². The zero-order chi connectivity index (χ0) is 24.5. The van der Waals surface area contributed by atoms with Crippen molar-refractivity contribution in [3.05, 3.63) is 59.2 Å². The average Bonchev–Trinajstić information content (AvgIpc) is 3.33. The number of H-pyrrole nitrogens is 1. The molecule has 0 saturated heterocycles. The second kappa shape index (κ2) is 9.26. The third-order valence-electron chi connectivity index (χ3n) is 5.90. The topological polar surface area (TPSA) is 111 Å². The summed E-state index contributed by atoms with van der Waals surface area (Å²) in [4.78, 5) is 25.0. The molecule has 1 aliphatic heterocycles. The Morgan fingerprint density at radius 2 is 2.03 bits per heavy atom. The van der Waals surface area contributed by atoms with E-state index in [1.807, 2.05) is 63.2 Å². The number of carbonyl (C=O) groups excluding carboxylic acids is 1. The van der Waals surface area contributed by atoms with E-state index in [0.717, 1.165) is 23.0 Å². The van der Waals surface area contributed by atoms with Crippen LogP contribution in [0.25, 0.3) is 0 Å². The zero-order valence-corrected chi connectivity index (χ0v) is 19.9. The minimum atomic E-state index is -0.659. The van der Waals surface area contributed by atoms with Gasteiger partial charge in [-0.05, 0) is 33.5 Å². The molecule has 3 aromatic rings. The Balaban J connectivity index is 1.56. The summed E-state index contributed by atoms with van der Waals surface area (Å²) in [5, 5.41) is 13.4. The number of ether oxygens (including phenoxy) is 1. The third kappa shape index (κ3) is 4.51. The van der Waals surface area contributed by atoms with E-state index in [0.29, 0.717) is 18.9 Å². The maximum atomic E-state index is 14.3. The number of nitrogens with zero attached hydrogens (tertiary/aromatic N) is 5. The number of hydrogen-bond acceptors (Lipinski definition) is 7. The second-order valence-corrected chi connectivity index (χ2v) is 8.92. The predicted molar refractivity (Wildman–Crippen MR) is 125 cm³/mol. The number of fused-ring (bicyclic) bond motifs is 1. The van der Waals surface area contributed by atoms with Crippen LogP contribution in [0.15, 0.2) is 36.5 Å². The number of anilines is 2.